The summed E-state index contributed by atoms with van der Waals surface area (Å²) >= 11 is 6.18. The Morgan fingerprint density at radius 3 is 2.60 bits per heavy atom. The van der Waals surface area contributed by atoms with Crippen LogP contribution in [0.1, 0.15) is 40.2 Å². The molecule has 6 heteroatoms. The van der Waals surface area contributed by atoms with E-state index in [0.29, 0.717) is 16.7 Å². The molecular weight excluding hydrogens is 338 g/mol. The molecule has 0 fully saturated rings. The largest absolute Gasteiger partial charge is 0.443 e. The fourth-order valence-corrected chi connectivity index (χ4v) is 3.03. The number of rotatable bonds is 4. The van der Waals surface area contributed by atoms with Crippen molar-refractivity contribution in [3.8, 4) is 12.0 Å². The molecule has 1 unspecified atom stereocenters. The minimum atomic E-state index is -0.372. The fourth-order valence-electron chi connectivity index (χ4n) is 2.73. The number of benzene rings is 1. The molecule has 0 aliphatic rings. The lowest BCUT2D eigenvalue weighted by molar-refractivity contribution is 0.0938. The number of halogens is 1. The van der Waals surface area contributed by atoms with Crippen LogP contribution in [0.5, 0.6) is 0 Å². The molecule has 1 aromatic carbocycles. The van der Waals surface area contributed by atoms with E-state index < -0.39 is 0 Å². The lowest BCUT2D eigenvalue weighted by Gasteiger charge is -2.15. The van der Waals surface area contributed by atoms with Crippen LogP contribution in [0.25, 0.3) is 5.88 Å². The number of hydrogen-bond acceptors (Lipinski definition) is 3. The van der Waals surface area contributed by atoms with Crippen LogP contribution in [0.3, 0.4) is 0 Å². The Labute approximate surface area is 150 Å². The van der Waals surface area contributed by atoms with E-state index in [-0.39, 0.29) is 23.1 Å². The van der Waals surface area contributed by atoms with Crippen molar-refractivity contribution >= 4 is 17.5 Å². The van der Waals surface area contributed by atoms with Gasteiger partial charge in [-0.1, -0.05) is 29.8 Å². The van der Waals surface area contributed by atoms with Gasteiger partial charge in [0.15, 0.2) is 0 Å². The molecule has 2 heterocycles. The van der Waals surface area contributed by atoms with Crippen LogP contribution in [0.2, 0.25) is 5.02 Å². The summed E-state index contributed by atoms with van der Waals surface area (Å²) in [5.74, 6) is 0.355. The molecule has 3 aromatic rings. The van der Waals surface area contributed by atoms with Gasteiger partial charge in [0.2, 0.25) is 5.88 Å². The molecule has 0 aliphatic carbocycles. The van der Waals surface area contributed by atoms with Crippen LogP contribution in [-0.4, -0.2) is 10.5 Å². The first kappa shape index (κ1) is 16.9. The Bertz CT molecular complexity index is 952. The number of nitrogens with zero attached hydrogens (tertiary/aromatic N) is 2. The van der Waals surface area contributed by atoms with Crippen molar-refractivity contribution in [3.63, 3.8) is 0 Å². The van der Waals surface area contributed by atoms with Gasteiger partial charge in [-0.3, -0.25) is 9.36 Å². The molecular formula is C19H16ClN3O2. The van der Waals surface area contributed by atoms with Gasteiger partial charge in [-0.2, -0.15) is 5.26 Å². The van der Waals surface area contributed by atoms with Crippen molar-refractivity contribution in [2.75, 3.05) is 0 Å². The number of aryl methyl sites for hydroxylation is 1. The molecule has 3 rings (SSSR count). The van der Waals surface area contributed by atoms with Crippen LogP contribution in [0.4, 0.5) is 0 Å². The molecule has 0 bridgehead atoms. The number of aromatic nitrogens is 1. The van der Waals surface area contributed by atoms with Gasteiger partial charge in [0.1, 0.15) is 23.0 Å². The number of nitriles is 1. The summed E-state index contributed by atoms with van der Waals surface area (Å²) in [6.45, 7) is 3.51. The van der Waals surface area contributed by atoms with E-state index in [2.05, 4.69) is 11.4 Å². The third-order valence-corrected chi connectivity index (χ3v) is 4.31. The number of carbonyl (C=O) groups is 1. The van der Waals surface area contributed by atoms with Crippen LogP contribution in [0, 0.1) is 18.3 Å². The topological polar surface area (TPSA) is 71.0 Å². The zero-order chi connectivity index (χ0) is 18.0. The van der Waals surface area contributed by atoms with Crippen molar-refractivity contribution in [3.05, 3.63) is 76.3 Å². The predicted molar refractivity (Wildman–Crippen MR) is 94.8 cm³/mol. The molecule has 1 N–H and O–H groups in total. The van der Waals surface area contributed by atoms with Gasteiger partial charge in [0, 0.05) is 17.4 Å². The van der Waals surface area contributed by atoms with Crippen molar-refractivity contribution < 1.29 is 9.21 Å². The zero-order valence-corrected chi connectivity index (χ0v) is 14.5. The van der Waals surface area contributed by atoms with E-state index >= 15 is 0 Å². The molecule has 0 spiro atoms. The molecule has 0 saturated carbocycles. The molecule has 0 radical (unpaired) electrons. The number of nitrogens with one attached hydrogen (secondary N) is 1. The third kappa shape index (κ3) is 3.17. The average Bonchev–Trinajstić information content (AvgIpc) is 3.22. The maximum absolute atomic E-state index is 12.7. The van der Waals surface area contributed by atoms with Gasteiger partial charge in [0.25, 0.3) is 5.91 Å². The summed E-state index contributed by atoms with van der Waals surface area (Å²) < 4.78 is 7.33. The van der Waals surface area contributed by atoms with Gasteiger partial charge in [-0.15, -0.1) is 0 Å². The fraction of sp³-hybridized carbons (Fsp3) is 0.158. The molecule has 25 heavy (non-hydrogen) atoms. The number of amides is 1. The molecule has 5 nitrogen and oxygen atoms in total. The van der Waals surface area contributed by atoms with Crippen LogP contribution < -0.4 is 5.32 Å². The Kier molecular flexibility index (Phi) is 4.64. The molecule has 126 valence electrons. The third-order valence-electron chi connectivity index (χ3n) is 3.96. The minimum Gasteiger partial charge on any atom is -0.443 e. The maximum Gasteiger partial charge on any atom is 0.256 e. The summed E-state index contributed by atoms with van der Waals surface area (Å²) in [5.41, 5.74) is 1.26. The van der Waals surface area contributed by atoms with E-state index in [1.807, 2.05) is 37.3 Å². The number of furan rings is 1. The highest BCUT2D eigenvalue weighted by Crippen LogP contribution is 2.27. The molecule has 2 aromatic heterocycles. The molecule has 0 aliphatic heterocycles. The van der Waals surface area contributed by atoms with Crippen molar-refractivity contribution in [1.29, 1.82) is 5.26 Å². The summed E-state index contributed by atoms with van der Waals surface area (Å²) in [6, 6.07) is 12.7. The normalized spacial score (nSPS) is 11.8. The second-order valence-corrected chi connectivity index (χ2v) is 6.04. The van der Waals surface area contributed by atoms with E-state index in [4.69, 9.17) is 16.0 Å². The SMILES string of the molecule is Cc1oc(-n2cccc2)c(C#N)c1C(=O)NC(C)c1ccccc1Cl. The molecule has 1 amide bonds. The van der Waals surface area contributed by atoms with Gasteiger partial charge in [-0.25, -0.2) is 0 Å². The Morgan fingerprint density at radius 1 is 1.28 bits per heavy atom. The number of carbonyl (C=O) groups excluding carboxylic acids is 1. The summed E-state index contributed by atoms with van der Waals surface area (Å²) in [6.07, 6.45) is 3.51. The van der Waals surface area contributed by atoms with Crippen molar-refractivity contribution in [2.45, 2.75) is 19.9 Å². The van der Waals surface area contributed by atoms with Gasteiger partial charge >= 0.3 is 0 Å². The first-order valence-electron chi connectivity index (χ1n) is 7.75. The quantitative estimate of drug-likeness (QED) is 0.755. The van der Waals surface area contributed by atoms with Gasteiger partial charge in [-0.05, 0) is 37.6 Å². The second kappa shape index (κ2) is 6.88. The van der Waals surface area contributed by atoms with E-state index in [1.54, 1.807) is 30.0 Å². The summed E-state index contributed by atoms with van der Waals surface area (Å²) in [5, 5.41) is 13.0. The van der Waals surface area contributed by atoms with Crippen LogP contribution in [-0.2, 0) is 0 Å². The average molecular weight is 354 g/mol. The van der Waals surface area contributed by atoms with Gasteiger partial charge in [0.05, 0.1) is 6.04 Å². The first-order valence-corrected chi connectivity index (χ1v) is 8.12. The highest BCUT2D eigenvalue weighted by atomic mass is 35.5. The highest BCUT2D eigenvalue weighted by Gasteiger charge is 2.25. The minimum absolute atomic E-state index is 0.206. The maximum atomic E-state index is 12.7. The molecule has 0 saturated heterocycles. The van der Waals surface area contributed by atoms with E-state index in [0.717, 1.165) is 5.56 Å². The predicted octanol–water partition coefficient (Wildman–Crippen LogP) is 4.39. The van der Waals surface area contributed by atoms with E-state index in [1.165, 1.54) is 0 Å². The standard InChI is InChI=1S/C19H16ClN3O2/c1-12(14-7-3-4-8-16(14)20)22-18(24)17-13(2)25-19(15(17)11-21)23-9-5-6-10-23/h3-10,12H,1-2H3,(H,22,24). The lowest BCUT2D eigenvalue weighted by atomic mass is 10.1. The van der Waals surface area contributed by atoms with Gasteiger partial charge < -0.3 is 9.73 Å². The summed E-state index contributed by atoms with van der Waals surface area (Å²) in [7, 11) is 0. The lowest BCUT2D eigenvalue weighted by Crippen LogP contribution is -2.27. The smallest absolute Gasteiger partial charge is 0.256 e. The number of hydrogen-bond donors (Lipinski definition) is 1. The van der Waals surface area contributed by atoms with Crippen molar-refractivity contribution in [1.82, 2.24) is 9.88 Å². The second-order valence-electron chi connectivity index (χ2n) is 5.63. The zero-order valence-electron chi connectivity index (χ0n) is 13.8. The Hall–Kier alpha value is -2.97. The monoisotopic (exact) mass is 353 g/mol. The van der Waals surface area contributed by atoms with Crippen LogP contribution >= 0.6 is 11.6 Å². The Balaban J connectivity index is 1.93. The van der Waals surface area contributed by atoms with Crippen LogP contribution in [0.15, 0.2) is 53.2 Å². The Morgan fingerprint density at radius 2 is 1.96 bits per heavy atom. The highest BCUT2D eigenvalue weighted by molar-refractivity contribution is 6.31. The van der Waals surface area contributed by atoms with Crippen molar-refractivity contribution in [2.24, 2.45) is 0 Å². The van der Waals surface area contributed by atoms with E-state index in [9.17, 15) is 10.1 Å². The summed E-state index contributed by atoms with van der Waals surface area (Å²) in [4.78, 5) is 12.7. The first-order chi connectivity index (χ1) is 12.0. The molecule has 1 atom stereocenters.